The van der Waals surface area contributed by atoms with Crippen LogP contribution in [0.3, 0.4) is 0 Å². The fraction of sp³-hybridized carbons (Fsp3) is 0.750. The summed E-state index contributed by atoms with van der Waals surface area (Å²) in [5, 5.41) is 0. The lowest BCUT2D eigenvalue weighted by molar-refractivity contribution is 0.564. The van der Waals surface area contributed by atoms with Gasteiger partial charge in [0, 0.05) is 12.1 Å². The van der Waals surface area contributed by atoms with Gasteiger partial charge in [-0.1, -0.05) is 26.2 Å². The van der Waals surface area contributed by atoms with E-state index < -0.39 is 0 Å². The Balaban J connectivity index is 3.21. The molecular formula is C8H15NO. The average Bonchev–Trinajstić information content (AvgIpc) is 1.89. The van der Waals surface area contributed by atoms with E-state index in [-0.39, 0.29) is 6.04 Å². The van der Waals surface area contributed by atoms with E-state index in [1.165, 1.54) is 18.9 Å². The van der Waals surface area contributed by atoms with E-state index in [1.54, 1.807) is 5.94 Å². The molecule has 0 aliphatic carbocycles. The van der Waals surface area contributed by atoms with Gasteiger partial charge in [-0.15, -0.1) is 0 Å². The van der Waals surface area contributed by atoms with Gasteiger partial charge in [-0.2, -0.15) is 0 Å². The van der Waals surface area contributed by atoms with Gasteiger partial charge in [0.15, 0.2) is 0 Å². The van der Waals surface area contributed by atoms with Crippen molar-refractivity contribution in [2.75, 3.05) is 0 Å². The Morgan fingerprint density at radius 1 is 1.60 bits per heavy atom. The number of nitrogens with two attached hydrogens (primary N) is 1. The van der Waals surface area contributed by atoms with Crippen molar-refractivity contribution in [2.24, 2.45) is 5.73 Å². The highest BCUT2D eigenvalue weighted by molar-refractivity contribution is 5.46. The third kappa shape index (κ3) is 5.54. The zero-order chi connectivity index (χ0) is 7.82. The van der Waals surface area contributed by atoms with Crippen LogP contribution in [0.25, 0.3) is 0 Å². The number of unbranched alkanes of at least 4 members (excludes halogenated alkanes) is 2. The molecule has 0 heterocycles. The molecule has 0 amide bonds. The molecule has 0 bridgehead atoms. The molecule has 0 aromatic heterocycles. The lowest BCUT2D eigenvalue weighted by atomic mass is 10.1. The van der Waals surface area contributed by atoms with Gasteiger partial charge >= 0.3 is 0 Å². The smallest absolute Gasteiger partial charge is 0.121 e. The van der Waals surface area contributed by atoms with Crippen LogP contribution in [0.4, 0.5) is 0 Å². The SMILES string of the molecule is CCCCCC(N)C=C=O. The Bertz CT molecular complexity index is 116. The minimum Gasteiger partial charge on any atom is -0.324 e. The normalized spacial score (nSPS) is 12.2. The third-order valence-corrected chi connectivity index (χ3v) is 1.42. The molecule has 0 aromatic carbocycles. The van der Waals surface area contributed by atoms with Crippen molar-refractivity contribution >= 4 is 5.94 Å². The monoisotopic (exact) mass is 141 g/mol. The Labute approximate surface area is 62.1 Å². The van der Waals surface area contributed by atoms with Crippen molar-refractivity contribution < 1.29 is 4.79 Å². The summed E-state index contributed by atoms with van der Waals surface area (Å²) in [6.45, 7) is 2.14. The Morgan fingerprint density at radius 2 is 2.30 bits per heavy atom. The summed E-state index contributed by atoms with van der Waals surface area (Å²) in [6.07, 6.45) is 5.78. The van der Waals surface area contributed by atoms with Crippen molar-refractivity contribution in [3.63, 3.8) is 0 Å². The van der Waals surface area contributed by atoms with Crippen LogP contribution >= 0.6 is 0 Å². The molecule has 2 N–H and O–H groups in total. The molecule has 0 aliphatic rings. The molecule has 58 valence electrons. The predicted octanol–water partition coefficient (Wildman–Crippen LogP) is 1.28. The average molecular weight is 141 g/mol. The minimum atomic E-state index is -0.0796. The van der Waals surface area contributed by atoms with Crippen LogP contribution in [0.15, 0.2) is 6.08 Å². The maximum Gasteiger partial charge on any atom is 0.121 e. The van der Waals surface area contributed by atoms with Crippen molar-refractivity contribution in [1.82, 2.24) is 0 Å². The molecule has 2 nitrogen and oxygen atoms in total. The first-order valence-electron chi connectivity index (χ1n) is 3.77. The molecule has 0 aromatic rings. The maximum atomic E-state index is 9.79. The largest absolute Gasteiger partial charge is 0.324 e. The van der Waals surface area contributed by atoms with E-state index in [0.29, 0.717) is 0 Å². The molecular weight excluding hydrogens is 126 g/mol. The number of hydrogen-bond donors (Lipinski definition) is 1. The van der Waals surface area contributed by atoms with E-state index in [4.69, 9.17) is 5.73 Å². The molecule has 1 atom stereocenters. The lowest BCUT2D eigenvalue weighted by Crippen LogP contribution is -2.16. The number of rotatable bonds is 5. The zero-order valence-electron chi connectivity index (χ0n) is 6.47. The first-order chi connectivity index (χ1) is 4.81. The summed E-state index contributed by atoms with van der Waals surface area (Å²) < 4.78 is 0. The molecule has 0 rings (SSSR count). The van der Waals surface area contributed by atoms with Crippen LogP contribution in [-0.2, 0) is 4.79 Å². The van der Waals surface area contributed by atoms with E-state index in [1.807, 2.05) is 0 Å². The summed E-state index contributed by atoms with van der Waals surface area (Å²) in [4.78, 5) is 9.79. The summed E-state index contributed by atoms with van der Waals surface area (Å²) in [6, 6.07) is -0.0796. The van der Waals surface area contributed by atoms with Gasteiger partial charge in [0.2, 0.25) is 0 Å². The highest BCUT2D eigenvalue weighted by Crippen LogP contribution is 2.01. The highest BCUT2D eigenvalue weighted by atomic mass is 16.1. The topological polar surface area (TPSA) is 43.1 Å². The van der Waals surface area contributed by atoms with Crippen molar-refractivity contribution in [3.05, 3.63) is 6.08 Å². The van der Waals surface area contributed by atoms with Crippen LogP contribution in [-0.4, -0.2) is 12.0 Å². The van der Waals surface area contributed by atoms with Crippen LogP contribution in [0, 0.1) is 0 Å². The number of hydrogen-bond acceptors (Lipinski definition) is 2. The molecule has 10 heavy (non-hydrogen) atoms. The fourth-order valence-corrected chi connectivity index (χ4v) is 0.801. The number of carbonyl (C=O) groups excluding carboxylic acids is 1. The first-order valence-corrected chi connectivity index (χ1v) is 3.77. The summed E-state index contributed by atoms with van der Waals surface area (Å²) in [5.41, 5.74) is 5.51. The second kappa shape index (κ2) is 6.53. The Hall–Kier alpha value is -0.590. The van der Waals surface area contributed by atoms with Gasteiger partial charge in [-0.3, -0.25) is 0 Å². The predicted molar refractivity (Wildman–Crippen MR) is 42.4 cm³/mol. The van der Waals surface area contributed by atoms with E-state index in [2.05, 4.69) is 6.92 Å². The first kappa shape index (κ1) is 9.41. The van der Waals surface area contributed by atoms with Gasteiger partial charge in [0.25, 0.3) is 0 Å². The van der Waals surface area contributed by atoms with Gasteiger partial charge < -0.3 is 5.73 Å². The summed E-state index contributed by atoms with van der Waals surface area (Å²) in [7, 11) is 0. The second-order valence-electron chi connectivity index (χ2n) is 2.44. The quantitative estimate of drug-likeness (QED) is 0.463. The second-order valence-corrected chi connectivity index (χ2v) is 2.44. The van der Waals surface area contributed by atoms with Gasteiger partial charge in [0.1, 0.15) is 5.94 Å². The molecule has 1 unspecified atom stereocenters. The van der Waals surface area contributed by atoms with Gasteiger partial charge in [-0.05, 0) is 6.42 Å². The Kier molecular flexibility index (Phi) is 6.14. The molecule has 0 saturated heterocycles. The molecule has 0 saturated carbocycles. The minimum absolute atomic E-state index is 0.0796. The van der Waals surface area contributed by atoms with Crippen LogP contribution in [0.2, 0.25) is 0 Å². The van der Waals surface area contributed by atoms with Crippen LogP contribution in [0.5, 0.6) is 0 Å². The standard InChI is InChI=1S/C8H15NO/c1-2-3-4-5-8(9)6-7-10/h6,8H,2-5,9H2,1H3. The highest BCUT2D eigenvalue weighted by Gasteiger charge is 1.95. The maximum absolute atomic E-state index is 9.79. The summed E-state index contributed by atoms with van der Waals surface area (Å²) in [5.74, 6) is 1.69. The van der Waals surface area contributed by atoms with E-state index >= 15 is 0 Å². The van der Waals surface area contributed by atoms with Crippen LogP contribution in [0.1, 0.15) is 32.6 Å². The molecule has 0 spiro atoms. The van der Waals surface area contributed by atoms with E-state index in [9.17, 15) is 4.79 Å². The van der Waals surface area contributed by atoms with Crippen molar-refractivity contribution in [3.8, 4) is 0 Å². The van der Waals surface area contributed by atoms with Crippen molar-refractivity contribution in [2.45, 2.75) is 38.6 Å². The molecule has 2 heteroatoms. The lowest BCUT2D eigenvalue weighted by Gasteiger charge is -2.01. The third-order valence-electron chi connectivity index (χ3n) is 1.42. The molecule has 0 aliphatic heterocycles. The summed E-state index contributed by atoms with van der Waals surface area (Å²) >= 11 is 0. The van der Waals surface area contributed by atoms with Gasteiger partial charge in [0.05, 0.1) is 0 Å². The van der Waals surface area contributed by atoms with Crippen molar-refractivity contribution in [1.29, 1.82) is 0 Å². The van der Waals surface area contributed by atoms with E-state index in [0.717, 1.165) is 12.8 Å². The molecule has 0 fully saturated rings. The van der Waals surface area contributed by atoms with Gasteiger partial charge in [-0.25, -0.2) is 4.79 Å². The Morgan fingerprint density at radius 3 is 2.80 bits per heavy atom. The zero-order valence-corrected chi connectivity index (χ0v) is 6.47. The molecule has 0 radical (unpaired) electrons. The van der Waals surface area contributed by atoms with Crippen LogP contribution < -0.4 is 5.73 Å². The fourth-order valence-electron chi connectivity index (χ4n) is 0.801.